The molecule has 4 heteroatoms. The van der Waals surface area contributed by atoms with E-state index in [9.17, 15) is 4.79 Å². The van der Waals surface area contributed by atoms with Gasteiger partial charge in [-0.15, -0.1) is 0 Å². The van der Waals surface area contributed by atoms with Crippen molar-refractivity contribution in [3.63, 3.8) is 0 Å². The highest BCUT2D eigenvalue weighted by Gasteiger charge is 2.13. The molecule has 0 aliphatic carbocycles. The molecule has 1 atom stereocenters. The van der Waals surface area contributed by atoms with E-state index in [0.717, 1.165) is 11.1 Å². The summed E-state index contributed by atoms with van der Waals surface area (Å²) in [5, 5.41) is 1.33. The number of hydrogen-bond acceptors (Lipinski definition) is 2. The zero-order valence-electron chi connectivity index (χ0n) is 11.2. The third-order valence-corrected chi connectivity index (χ3v) is 3.84. The van der Waals surface area contributed by atoms with E-state index in [0.29, 0.717) is 15.6 Å². The fourth-order valence-corrected chi connectivity index (χ4v) is 2.51. The van der Waals surface area contributed by atoms with Gasteiger partial charge in [-0.05, 0) is 41.5 Å². The quantitative estimate of drug-likeness (QED) is 0.751. The Hall–Kier alpha value is -1.51. The fraction of sp³-hybridized carbons (Fsp3) is 0.188. The molecule has 0 N–H and O–H groups in total. The first-order chi connectivity index (χ1) is 9.52. The molecular weight excluding hydrogens is 295 g/mol. The van der Waals surface area contributed by atoms with Gasteiger partial charge in [-0.1, -0.05) is 42.3 Å². The molecule has 0 heterocycles. The smallest absolute Gasteiger partial charge is 0.337 e. The monoisotopic (exact) mass is 308 g/mol. The molecule has 104 valence electrons. The average Bonchev–Trinajstić information content (AvgIpc) is 2.48. The second-order valence-electron chi connectivity index (χ2n) is 4.50. The highest BCUT2D eigenvalue weighted by atomic mass is 35.5. The lowest BCUT2D eigenvalue weighted by atomic mass is 9.92. The van der Waals surface area contributed by atoms with Gasteiger partial charge in [0.05, 0.1) is 12.7 Å². The zero-order valence-corrected chi connectivity index (χ0v) is 12.7. The first-order valence-corrected chi connectivity index (χ1v) is 6.91. The summed E-state index contributed by atoms with van der Waals surface area (Å²) in [6.07, 6.45) is 0. The molecule has 0 aliphatic rings. The molecule has 2 aromatic carbocycles. The van der Waals surface area contributed by atoms with E-state index in [1.54, 1.807) is 24.3 Å². The summed E-state index contributed by atoms with van der Waals surface area (Å²) in [6, 6.07) is 12.7. The molecule has 0 aromatic heterocycles. The van der Waals surface area contributed by atoms with Crippen molar-refractivity contribution in [2.75, 3.05) is 7.11 Å². The first-order valence-electron chi connectivity index (χ1n) is 6.16. The summed E-state index contributed by atoms with van der Waals surface area (Å²) >= 11 is 12.2. The van der Waals surface area contributed by atoms with Gasteiger partial charge in [-0.2, -0.15) is 0 Å². The number of ether oxygens (including phenoxy) is 1. The van der Waals surface area contributed by atoms with E-state index >= 15 is 0 Å². The Labute approximate surface area is 128 Å². The number of methoxy groups -OCH3 is 1. The lowest BCUT2D eigenvalue weighted by Crippen LogP contribution is -2.02. The van der Waals surface area contributed by atoms with Crippen LogP contribution in [0.4, 0.5) is 0 Å². The van der Waals surface area contributed by atoms with Crippen molar-refractivity contribution in [2.24, 2.45) is 0 Å². The molecule has 0 fully saturated rings. The van der Waals surface area contributed by atoms with Crippen LogP contribution >= 0.6 is 23.2 Å². The first kappa shape index (κ1) is 14.9. The number of benzene rings is 2. The highest BCUT2D eigenvalue weighted by molar-refractivity contribution is 6.33. The average molecular weight is 309 g/mol. The Morgan fingerprint density at radius 1 is 1.10 bits per heavy atom. The molecular formula is C16H14Cl2O2. The van der Waals surface area contributed by atoms with Gasteiger partial charge < -0.3 is 4.74 Å². The molecule has 20 heavy (non-hydrogen) atoms. The van der Waals surface area contributed by atoms with Gasteiger partial charge in [0.1, 0.15) is 0 Å². The van der Waals surface area contributed by atoms with Crippen LogP contribution in [0.15, 0.2) is 42.5 Å². The predicted octanol–water partition coefficient (Wildman–Crippen LogP) is 4.93. The van der Waals surface area contributed by atoms with E-state index in [4.69, 9.17) is 23.2 Å². The van der Waals surface area contributed by atoms with Crippen molar-refractivity contribution in [3.05, 3.63) is 69.2 Å². The van der Waals surface area contributed by atoms with Gasteiger partial charge in [0.2, 0.25) is 0 Å². The van der Waals surface area contributed by atoms with Crippen LogP contribution in [0.1, 0.15) is 34.3 Å². The summed E-state index contributed by atoms with van der Waals surface area (Å²) in [7, 11) is 1.37. The Morgan fingerprint density at radius 2 is 1.75 bits per heavy atom. The van der Waals surface area contributed by atoms with Gasteiger partial charge in [0, 0.05) is 16.0 Å². The van der Waals surface area contributed by atoms with Gasteiger partial charge >= 0.3 is 5.97 Å². The molecule has 0 aliphatic heterocycles. The molecule has 2 rings (SSSR count). The Bertz CT molecular complexity index is 621. The number of carbonyl (C=O) groups is 1. The SMILES string of the molecule is COC(=O)c1ccc(C(C)c2cc(Cl)ccc2Cl)cc1. The summed E-state index contributed by atoms with van der Waals surface area (Å²) in [5.41, 5.74) is 2.55. The van der Waals surface area contributed by atoms with Crippen molar-refractivity contribution >= 4 is 29.2 Å². The Morgan fingerprint density at radius 3 is 2.35 bits per heavy atom. The standard InChI is InChI=1S/C16H14Cl2O2/c1-10(14-9-13(17)7-8-15(14)18)11-3-5-12(6-4-11)16(19)20-2/h3-10H,1-2H3. The van der Waals surface area contributed by atoms with Crippen LogP contribution in [-0.2, 0) is 4.74 Å². The highest BCUT2D eigenvalue weighted by Crippen LogP contribution is 2.32. The van der Waals surface area contributed by atoms with Crippen LogP contribution in [0.5, 0.6) is 0 Å². The van der Waals surface area contributed by atoms with Crippen LogP contribution < -0.4 is 0 Å². The van der Waals surface area contributed by atoms with Crippen LogP contribution in [0.3, 0.4) is 0 Å². The van der Waals surface area contributed by atoms with Gasteiger partial charge in [0.15, 0.2) is 0 Å². The molecule has 2 aromatic rings. The van der Waals surface area contributed by atoms with E-state index < -0.39 is 0 Å². The molecule has 1 unspecified atom stereocenters. The molecule has 0 bridgehead atoms. The lowest BCUT2D eigenvalue weighted by Gasteiger charge is -2.15. The Balaban J connectivity index is 2.31. The van der Waals surface area contributed by atoms with Crippen LogP contribution in [-0.4, -0.2) is 13.1 Å². The topological polar surface area (TPSA) is 26.3 Å². The van der Waals surface area contributed by atoms with E-state index in [1.165, 1.54) is 7.11 Å². The summed E-state index contributed by atoms with van der Waals surface area (Å²) in [6.45, 7) is 2.05. The molecule has 0 saturated carbocycles. The minimum absolute atomic E-state index is 0.0906. The van der Waals surface area contributed by atoms with Crippen LogP contribution in [0, 0.1) is 0 Å². The molecule has 0 spiro atoms. The van der Waals surface area contributed by atoms with Crippen molar-refractivity contribution in [1.82, 2.24) is 0 Å². The summed E-state index contributed by atoms with van der Waals surface area (Å²) in [4.78, 5) is 11.4. The van der Waals surface area contributed by atoms with E-state index in [-0.39, 0.29) is 11.9 Å². The molecule has 2 nitrogen and oxygen atoms in total. The minimum atomic E-state index is -0.343. The number of halogens is 2. The van der Waals surface area contributed by atoms with Gasteiger partial charge in [0.25, 0.3) is 0 Å². The van der Waals surface area contributed by atoms with Crippen LogP contribution in [0.2, 0.25) is 10.0 Å². The predicted molar refractivity (Wildman–Crippen MR) is 81.8 cm³/mol. The van der Waals surface area contributed by atoms with Crippen molar-refractivity contribution < 1.29 is 9.53 Å². The largest absolute Gasteiger partial charge is 0.465 e. The Kier molecular flexibility index (Phi) is 4.69. The van der Waals surface area contributed by atoms with Crippen molar-refractivity contribution in [1.29, 1.82) is 0 Å². The zero-order chi connectivity index (χ0) is 14.7. The van der Waals surface area contributed by atoms with Crippen molar-refractivity contribution in [3.8, 4) is 0 Å². The van der Waals surface area contributed by atoms with Gasteiger partial charge in [-0.25, -0.2) is 4.79 Å². The summed E-state index contributed by atoms with van der Waals surface area (Å²) in [5.74, 6) is -0.252. The molecule has 0 radical (unpaired) electrons. The number of hydrogen-bond donors (Lipinski definition) is 0. The maximum Gasteiger partial charge on any atom is 0.337 e. The van der Waals surface area contributed by atoms with Crippen molar-refractivity contribution in [2.45, 2.75) is 12.8 Å². The number of carbonyl (C=O) groups excluding carboxylic acids is 1. The third kappa shape index (κ3) is 3.14. The lowest BCUT2D eigenvalue weighted by molar-refractivity contribution is 0.0600. The second-order valence-corrected chi connectivity index (χ2v) is 5.34. The summed E-state index contributed by atoms with van der Waals surface area (Å²) < 4.78 is 4.68. The van der Waals surface area contributed by atoms with E-state index in [2.05, 4.69) is 4.74 Å². The second kappa shape index (κ2) is 6.29. The maximum absolute atomic E-state index is 11.4. The minimum Gasteiger partial charge on any atom is -0.465 e. The normalized spacial score (nSPS) is 12.0. The third-order valence-electron chi connectivity index (χ3n) is 3.26. The number of rotatable bonds is 3. The van der Waals surface area contributed by atoms with Crippen LogP contribution in [0.25, 0.3) is 0 Å². The molecule has 0 amide bonds. The van der Waals surface area contributed by atoms with Gasteiger partial charge in [-0.3, -0.25) is 0 Å². The number of esters is 1. The van der Waals surface area contributed by atoms with E-state index in [1.807, 2.05) is 25.1 Å². The molecule has 0 saturated heterocycles. The maximum atomic E-state index is 11.4. The fourth-order valence-electron chi connectivity index (χ4n) is 2.05.